The van der Waals surface area contributed by atoms with Crippen molar-refractivity contribution in [3.63, 3.8) is 0 Å². The van der Waals surface area contributed by atoms with Crippen molar-refractivity contribution in [2.24, 2.45) is 16.7 Å². The molecule has 0 saturated heterocycles. The van der Waals surface area contributed by atoms with Crippen LogP contribution in [0.5, 0.6) is 0 Å². The molecule has 2 unspecified atom stereocenters. The van der Waals surface area contributed by atoms with E-state index in [9.17, 15) is 23.1 Å². The Kier molecular flexibility index (Phi) is 5.90. The van der Waals surface area contributed by atoms with E-state index in [1.807, 2.05) is 19.9 Å². The number of benzene rings is 1. The fourth-order valence-electron chi connectivity index (χ4n) is 4.84. The molecule has 1 aromatic carbocycles. The number of carbonyl (C=O) groups is 2. The number of rotatable bonds is 8. The van der Waals surface area contributed by atoms with Gasteiger partial charge in [0.25, 0.3) is 10.1 Å². The molecule has 0 radical (unpaired) electrons. The summed E-state index contributed by atoms with van der Waals surface area (Å²) in [5.74, 6) is -1.39. The standard InChI is InChI=1S/C22H30O7S/c1-20(2)16-10-11-22(20,17(23)12-16)14-30(26,27)29-18(21(3,4)25)19(24)28-13-15-8-6-5-7-9-15/h5-9,16,18,25H,10-14H2,1-4H3/t16?,18-,22?/m0/s1. The van der Waals surface area contributed by atoms with Gasteiger partial charge in [-0.25, -0.2) is 4.79 Å². The van der Waals surface area contributed by atoms with E-state index < -0.39 is 44.4 Å². The Hall–Kier alpha value is -1.77. The predicted molar refractivity (Wildman–Crippen MR) is 110 cm³/mol. The van der Waals surface area contributed by atoms with Gasteiger partial charge in [0.2, 0.25) is 6.10 Å². The molecule has 1 N–H and O–H groups in total. The molecule has 0 heterocycles. The summed E-state index contributed by atoms with van der Waals surface area (Å²) in [5, 5.41) is 10.4. The molecule has 30 heavy (non-hydrogen) atoms. The third-order valence-electron chi connectivity index (χ3n) is 6.88. The minimum atomic E-state index is -4.30. The Bertz CT molecular complexity index is 915. The molecule has 0 amide bonds. The zero-order valence-electron chi connectivity index (χ0n) is 17.9. The Morgan fingerprint density at radius 1 is 1.27 bits per heavy atom. The van der Waals surface area contributed by atoms with E-state index >= 15 is 0 Å². The van der Waals surface area contributed by atoms with Crippen LogP contribution in [-0.4, -0.2) is 42.7 Å². The van der Waals surface area contributed by atoms with E-state index in [-0.39, 0.29) is 18.3 Å². The summed E-state index contributed by atoms with van der Waals surface area (Å²) in [6.07, 6.45) is -0.0872. The first-order valence-electron chi connectivity index (χ1n) is 10.2. The van der Waals surface area contributed by atoms with Gasteiger partial charge >= 0.3 is 5.97 Å². The monoisotopic (exact) mass is 438 g/mol. The van der Waals surface area contributed by atoms with Gasteiger partial charge < -0.3 is 9.84 Å². The molecular formula is C22H30O7S. The second-order valence-electron chi connectivity index (χ2n) is 9.59. The van der Waals surface area contributed by atoms with Crippen molar-refractivity contribution >= 4 is 21.9 Å². The SMILES string of the molecule is CC(C)(O)[C@@H](OS(=O)(=O)CC12CCC(CC1=O)C2(C)C)C(=O)OCc1ccccc1. The van der Waals surface area contributed by atoms with Gasteiger partial charge in [-0.15, -0.1) is 0 Å². The van der Waals surface area contributed by atoms with Crippen LogP contribution in [0.4, 0.5) is 0 Å². The topological polar surface area (TPSA) is 107 Å². The van der Waals surface area contributed by atoms with Crippen LogP contribution in [0.25, 0.3) is 0 Å². The lowest BCUT2D eigenvalue weighted by Crippen LogP contribution is -2.49. The van der Waals surface area contributed by atoms with Crippen LogP contribution in [0.2, 0.25) is 0 Å². The number of fused-ring (bicyclic) bond motifs is 2. The summed E-state index contributed by atoms with van der Waals surface area (Å²) in [5.41, 5.74) is -2.56. The number of hydrogen-bond acceptors (Lipinski definition) is 7. The molecule has 2 fully saturated rings. The highest BCUT2D eigenvalue weighted by atomic mass is 32.2. The number of carbonyl (C=O) groups excluding carboxylic acids is 2. The number of Topliss-reactive ketones (excluding diaryl/α,β-unsaturated/α-hetero) is 1. The van der Waals surface area contributed by atoms with Crippen molar-refractivity contribution in [1.29, 1.82) is 0 Å². The number of aliphatic hydroxyl groups is 1. The highest BCUT2D eigenvalue weighted by Crippen LogP contribution is 2.64. The Morgan fingerprint density at radius 2 is 1.90 bits per heavy atom. The first-order valence-corrected chi connectivity index (χ1v) is 11.7. The average molecular weight is 439 g/mol. The van der Waals surface area contributed by atoms with Crippen molar-refractivity contribution in [3.05, 3.63) is 35.9 Å². The second-order valence-corrected chi connectivity index (χ2v) is 11.2. The molecule has 0 aliphatic heterocycles. The minimum absolute atomic E-state index is 0.0672. The van der Waals surface area contributed by atoms with Crippen molar-refractivity contribution in [2.45, 2.75) is 65.3 Å². The smallest absolute Gasteiger partial charge is 0.340 e. The molecule has 7 nitrogen and oxygen atoms in total. The number of esters is 1. The van der Waals surface area contributed by atoms with E-state index in [0.29, 0.717) is 12.8 Å². The Balaban J connectivity index is 1.76. The molecule has 3 atom stereocenters. The molecule has 8 heteroatoms. The van der Waals surface area contributed by atoms with Crippen LogP contribution >= 0.6 is 0 Å². The predicted octanol–water partition coefficient (Wildman–Crippen LogP) is 2.61. The lowest BCUT2D eigenvalue weighted by atomic mass is 9.70. The first kappa shape index (κ1) is 22.9. The summed E-state index contributed by atoms with van der Waals surface area (Å²) in [7, 11) is -4.30. The summed E-state index contributed by atoms with van der Waals surface area (Å²) in [4.78, 5) is 25.3. The first-order chi connectivity index (χ1) is 13.8. The molecule has 2 bridgehead atoms. The van der Waals surface area contributed by atoms with Crippen molar-refractivity contribution in [1.82, 2.24) is 0 Å². The van der Waals surface area contributed by atoms with Crippen molar-refractivity contribution in [3.8, 4) is 0 Å². The maximum absolute atomic E-state index is 12.9. The van der Waals surface area contributed by atoms with Gasteiger partial charge in [0, 0.05) is 6.42 Å². The van der Waals surface area contributed by atoms with Gasteiger partial charge in [-0.2, -0.15) is 8.42 Å². The lowest BCUT2D eigenvalue weighted by Gasteiger charge is -2.36. The maximum atomic E-state index is 12.9. The minimum Gasteiger partial charge on any atom is -0.459 e. The molecule has 2 aliphatic carbocycles. The molecule has 0 aromatic heterocycles. The molecule has 0 spiro atoms. The van der Waals surface area contributed by atoms with Gasteiger partial charge in [-0.3, -0.25) is 8.98 Å². The number of hydrogen-bond donors (Lipinski definition) is 1. The quantitative estimate of drug-likeness (QED) is 0.491. The van der Waals surface area contributed by atoms with Gasteiger partial charge in [0.1, 0.15) is 12.4 Å². The fourth-order valence-corrected chi connectivity index (χ4v) is 6.80. The van der Waals surface area contributed by atoms with Crippen LogP contribution in [0.1, 0.15) is 52.5 Å². The molecule has 1 aromatic rings. The van der Waals surface area contributed by atoms with E-state index in [0.717, 1.165) is 12.0 Å². The molecule has 2 aliphatic rings. The lowest BCUT2D eigenvalue weighted by molar-refractivity contribution is -0.164. The largest absolute Gasteiger partial charge is 0.459 e. The molecule has 2 saturated carbocycles. The molecular weight excluding hydrogens is 408 g/mol. The van der Waals surface area contributed by atoms with Gasteiger partial charge in [-0.1, -0.05) is 44.2 Å². The van der Waals surface area contributed by atoms with Crippen LogP contribution < -0.4 is 0 Å². The van der Waals surface area contributed by atoms with Gasteiger partial charge in [0.05, 0.1) is 16.8 Å². The fraction of sp³-hybridized carbons (Fsp3) is 0.636. The van der Waals surface area contributed by atoms with Crippen LogP contribution in [0.15, 0.2) is 30.3 Å². The highest BCUT2D eigenvalue weighted by molar-refractivity contribution is 7.86. The average Bonchev–Trinajstić information content (AvgIpc) is 2.98. The van der Waals surface area contributed by atoms with Gasteiger partial charge in [0.15, 0.2) is 0 Å². The van der Waals surface area contributed by atoms with E-state index in [1.165, 1.54) is 13.8 Å². The van der Waals surface area contributed by atoms with Crippen molar-refractivity contribution < 1.29 is 32.0 Å². The summed E-state index contributed by atoms with van der Waals surface area (Å²) >= 11 is 0. The molecule has 166 valence electrons. The Morgan fingerprint density at radius 3 is 2.40 bits per heavy atom. The normalized spacial score (nSPS) is 26.6. The second kappa shape index (κ2) is 7.73. The third kappa shape index (κ3) is 4.18. The highest BCUT2D eigenvalue weighted by Gasteiger charge is 2.65. The summed E-state index contributed by atoms with van der Waals surface area (Å²) < 4.78 is 36.3. The van der Waals surface area contributed by atoms with Gasteiger partial charge in [-0.05, 0) is 43.6 Å². The summed E-state index contributed by atoms with van der Waals surface area (Å²) in [6.45, 7) is 6.34. The number of ether oxygens (including phenoxy) is 1. The Labute approximate surface area is 177 Å². The summed E-state index contributed by atoms with van der Waals surface area (Å²) in [6, 6.07) is 8.90. The maximum Gasteiger partial charge on any atom is 0.340 e. The van der Waals surface area contributed by atoms with Crippen LogP contribution in [-0.2, 0) is 35.2 Å². The van der Waals surface area contributed by atoms with Crippen LogP contribution in [0, 0.1) is 16.7 Å². The third-order valence-corrected chi connectivity index (χ3v) is 8.22. The van der Waals surface area contributed by atoms with E-state index in [1.54, 1.807) is 24.3 Å². The van der Waals surface area contributed by atoms with E-state index in [2.05, 4.69) is 0 Å². The number of ketones is 1. The molecule has 3 rings (SSSR count). The van der Waals surface area contributed by atoms with E-state index in [4.69, 9.17) is 8.92 Å². The van der Waals surface area contributed by atoms with Crippen LogP contribution in [0.3, 0.4) is 0 Å². The zero-order valence-corrected chi connectivity index (χ0v) is 18.7. The zero-order chi connectivity index (χ0) is 22.4. The van der Waals surface area contributed by atoms with Crippen molar-refractivity contribution in [2.75, 3.05) is 5.75 Å².